The molecular weight excluding hydrogens is 186 g/mol. The van der Waals surface area contributed by atoms with Crippen LogP contribution in [0.2, 0.25) is 0 Å². The zero-order chi connectivity index (χ0) is 10.6. The van der Waals surface area contributed by atoms with Crippen molar-refractivity contribution < 1.29 is 13.9 Å². The number of hydrogen-bond donors (Lipinski definition) is 1. The van der Waals surface area contributed by atoms with Crippen LogP contribution in [-0.4, -0.2) is 11.2 Å². The molecule has 1 rings (SSSR count). The van der Waals surface area contributed by atoms with Gasteiger partial charge in [-0.3, -0.25) is 0 Å². The zero-order valence-electron chi connectivity index (χ0n) is 7.50. The Morgan fingerprint density at radius 3 is 2.43 bits per heavy atom. The van der Waals surface area contributed by atoms with Crippen LogP contribution in [0.3, 0.4) is 0 Å². The smallest absolute Gasteiger partial charge is 0.129 e. The molecule has 0 saturated heterocycles. The SMILES string of the molecule is C#CCC(O)Cc1c(F)cccc1F. The standard InChI is InChI=1S/C11H10F2O/c1-2-4-8(14)7-9-10(12)5-3-6-11(9)13/h1,3,5-6,8,14H,4,7H2. The number of terminal acetylenes is 1. The third kappa shape index (κ3) is 2.54. The van der Waals surface area contributed by atoms with Crippen molar-refractivity contribution in [2.45, 2.75) is 18.9 Å². The first kappa shape index (κ1) is 10.7. The Morgan fingerprint density at radius 2 is 1.93 bits per heavy atom. The highest BCUT2D eigenvalue weighted by molar-refractivity contribution is 5.20. The van der Waals surface area contributed by atoms with E-state index in [9.17, 15) is 13.9 Å². The first-order valence-corrected chi connectivity index (χ1v) is 4.19. The molecule has 1 unspecified atom stereocenters. The van der Waals surface area contributed by atoms with E-state index in [2.05, 4.69) is 5.92 Å². The minimum atomic E-state index is -0.897. The fraction of sp³-hybridized carbons (Fsp3) is 0.273. The van der Waals surface area contributed by atoms with Crippen molar-refractivity contribution in [3.8, 4) is 12.3 Å². The van der Waals surface area contributed by atoms with Gasteiger partial charge in [-0.1, -0.05) is 6.07 Å². The molecule has 1 aromatic carbocycles. The molecule has 0 heterocycles. The van der Waals surface area contributed by atoms with Crippen LogP contribution in [0.15, 0.2) is 18.2 Å². The lowest BCUT2D eigenvalue weighted by Gasteiger charge is -2.08. The molecular formula is C11H10F2O. The van der Waals surface area contributed by atoms with Gasteiger partial charge in [-0.15, -0.1) is 12.3 Å². The summed E-state index contributed by atoms with van der Waals surface area (Å²) in [6.45, 7) is 0. The van der Waals surface area contributed by atoms with Gasteiger partial charge in [0, 0.05) is 18.4 Å². The number of hydrogen-bond acceptors (Lipinski definition) is 1. The maximum Gasteiger partial charge on any atom is 0.129 e. The van der Waals surface area contributed by atoms with Crippen molar-refractivity contribution in [1.29, 1.82) is 0 Å². The van der Waals surface area contributed by atoms with Crippen LogP contribution in [-0.2, 0) is 6.42 Å². The van der Waals surface area contributed by atoms with E-state index in [0.29, 0.717) is 0 Å². The normalized spacial score (nSPS) is 12.1. The average Bonchev–Trinajstić information content (AvgIpc) is 2.12. The van der Waals surface area contributed by atoms with Gasteiger partial charge in [0.1, 0.15) is 11.6 Å². The monoisotopic (exact) mass is 196 g/mol. The number of halogens is 2. The minimum absolute atomic E-state index is 0.0910. The molecule has 14 heavy (non-hydrogen) atoms. The summed E-state index contributed by atoms with van der Waals surface area (Å²) in [5.41, 5.74) is -0.116. The summed E-state index contributed by atoms with van der Waals surface area (Å²) in [6.07, 6.45) is 4.06. The average molecular weight is 196 g/mol. The van der Waals surface area contributed by atoms with E-state index < -0.39 is 17.7 Å². The third-order valence-electron chi connectivity index (χ3n) is 1.85. The topological polar surface area (TPSA) is 20.2 Å². The number of benzene rings is 1. The predicted molar refractivity (Wildman–Crippen MR) is 49.5 cm³/mol. The van der Waals surface area contributed by atoms with Gasteiger partial charge < -0.3 is 5.11 Å². The van der Waals surface area contributed by atoms with Crippen LogP contribution in [0, 0.1) is 24.0 Å². The van der Waals surface area contributed by atoms with Crippen LogP contribution >= 0.6 is 0 Å². The maximum absolute atomic E-state index is 13.0. The molecule has 0 spiro atoms. The first-order chi connectivity index (χ1) is 6.65. The number of rotatable bonds is 3. The van der Waals surface area contributed by atoms with Gasteiger partial charge in [0.2, 0.25) is 0 Å². The van der Waals surface area contributed by atoms with E-state index in [1.54, 1.807) is 0 Å². The van der Waals surface area contributed by atoms with E-state index in [1.807, 2.05) is 0 Å². The third-order valence-corrected chi connectivity index (χ3v) is 1.85. The fourth-order valence-electron chi connectivity index (χ4n) is 1.17. The highest BCUT2D eigenvalue weighted by atomic mass is 19.1. The van der Waals surface area contributed by atoms with Crippen LogP contribution in [0.5, 0.6) is 0 Å². The van der Waals surface area contributed by atoms with Crippen molar-refractivity contribution in [3.63, 3.8) is 0 Å². The molecule has 1 aromatic rings. The van der Waals surface area contributed by atoms with E-state index in [-0.39, 0.29) is 18.4 Å². The lowest BCUT2D eigenvalue weighted by molar-refractivity contribution is 0.178. The highest BCUT2D eigenvalue weighted by Crippen LogP contribution is 2.14. The molecule has 1 atom stereocenters. The van der Waals surface area contributed by atoms with Gasteiger partial charge >= 0.3 is 0 Å². The van der Waals surface area contributed by atoms with E-state index in [1.165, 1.54) is 6.07 Å². The van der Waals surface area contributed by atoms with Crippen molar-refractivity contribution >= 4 is 0 Å². The van der Waals surface area contributed by atoms with Gasteiger partial charge in [0.05, 0.1) is 6.10 Å². The Hall–Kier alpha value is -1.40. The second-order valence-electron chi connectivity index (χ2n) is 2.97. The Bertz CT molecular complexity index is 335. The van der Waals surface area contributed by atoms with Gasteiger partial charge in [-0.2, -0.15) is 0 Å². The summed E-state index contributed by atoms with van der Waals surface area (Å²) >= 11 is 0. The second kappa shape index (κ2) is 4.73. The Morgan fingerprint density at radius 1 is 1.36 bits per heavy atom. The zero-order valence-corrected chi connectivity index (χ0v) is 7.50. The molecule has 0 fully saturated rings. The lowest BCUT2D eigenvalue weighted by Crippen LogP contribution is -2.11. The van der Waals surface area contributed by atoms with E-state index in [0.717, 1.165) is 12.1 Å². The van der Waals surface area contributed by atoms with Crippen molar-refractivity contribution in [1.82, 2.24) is 0 Å². The second-order valence-corrected chi connectivity index (χ2v) is 2.97. The van der Waals surface area contributed by atoms with Gasteiger partial charge in [0.25, 0.3) is 0 Å². The molecule has 0 saturated carbocycles. The molecule has 0 bridgehead atoms. The Balaban J connectivity index is 2.81. The number of aliphatic hydroxyl groups excluding tert-OH is 1. The molecule has 0 radical (unpaired) electrons. The first-order valence-electron chi connectivity index (χ1n) is 4.19. The molecule has 1 nitrogen and oxygen atoms in total. The summed E-state index contributed by atoms with van der Waals surface area (Å²) in [4.78, 5) is 0. The summed E-state index contributed by atoms with van der Waals surface area (Å²) < 4.78 is 26.1. The van der Waals surface area contributed by atoms with Crippen LogP contribution < -0.4 is 0 Å². The van der Waals surface area contributed by atoms with Crippen molar-refractivity contribution in [2.75, 3.05) is 0 Å². The molecule has 0 amide bonds. The summed E-state index contributed by atoms with van der Waals surface area (Å²) in [5.74, 6) is 0.928. The van der Waals surface area contributed by atoms with Crippen molar-refractivity contribution in [3.05, 3.63) is 35.4 Å². The predicted octanol–water partition coefficient (Wildman–Crippen LogP) is 1.89. The molecule has 0 aliphatic heterocycles. The molecule has 3 heteroatoms. The Labute approximate surface area is 81.4 Å². The van der Waals surface area contributed by atoms with E-state index in [4.69, 9.17) is 6.42 Å². The minimum Gasteiger partial charge on any atom is -0.392 e. The molecule has 0 aromatic heterocycles. The van der Waals surface area contributed by atoms with Crippen LogP contribution in [0.25, 0.3) is 0 Å². The summed E-state index contributed by atoms with van der Waals surface area (Å²) in [6, 6.07) is 3.59. The largest absolute Gasteiger partial charge is 0.392 e. The molecule has 1 N–H and O–H groups in total. The van der Waals surface area contributed by atoms with Crippen LogP contribution in [0.1, 0.15) is 12.0 Å². The van der Waals surface area contributed by atoms with Gasteiger partial charge in [-0.05, 0) is 12.1 Å². The summed E-state index contributed by atoms with van der Waals surface area (Å²) in [5, 5.41) is 9.28. The summed E-state index contributed by atoms with van der Waals surface area (Å²) in [7, 11) is 0. The lowest BCUT2D eigenvalue weighted by atomic mass is 10.0. The molecule has 0 aliphatic carbocycles. The van der Waals surface area contributed by atoms with Crippen molar-refractivity contribution in [2.24, 2.45) is 0 Å². The van der Waals surface area contributed by atoms with Gasteiger partial charge in [0.15, 0.2) is 0 Å². The quantitative estimate of drug-likeness (QED) is 0.732. The maximum atomic E-state index is 13.0. The van der Waals surface area contributed by atoms with Gasteiger partial charge in [-0.25, -0.2) is 8.78 Å². The highest BCUT2D eigenvalue weighted by Gasteiger charge is 2.12. The fourth-order valence-corrected chi connectivity index (χ4v) is 1.17. The molecule has 0 aliphatic rings. The van der Waals surface area contributed by atoms with E-state index >= 15 is 0 Å². The number of aliphatic hydroxyl groups is 1. The van der Waals surface area contributed by atoms with Crippen LogP contribution in [0.4, 0.5) is 8.78 Å². The molecule has 74 valence electrons. The Kier molecular flexibility index (Phi) is 3.61.